The number of esters is 1. The lowest BCUT2D eigenvalue weighted by atomic mass is 10.1. The van der Waals surface area contributed by atoms with Crippen molar-refractivity contribution in [3.05, 3.63) is 30.1 Å². The number of carbonyl (C=O) groups is 2. The Hall–Kier alpha value is -2.20. The Bertz CT molecular complexity index is 783. The SMILES string of the molecule is CC(=O)OC(CCCN(CCCCCCC(=O)O)S(C)(=O)=O)COc1ccc(F)cc1. The molecular formula is C21H32FNO7S. The number of carbonyl (C=O) groups excluding carboxylic acids is 1. The van der Waals surface area contributed by atoms with Crippen LogP contribution in [0.15, 0.2) is 24.3 Å². The van der Waals surface area contributed by atoms with Gasteiger partial charge in [0.15, 0.2) is 0 Å². The van der Waals surface area contributed by atoms with Crippen molar-refractivity contribution >= 4 is 22.0 Å². The summed E-state index contributed by atoms with van der Waals surface area (Å²) in [5.41, 5.74) is 0. The minimum Gasteiger partial charge on any atom is -0.490 e. The first-order valence-electron chi connectivity index (χ1n) is 10.3. The highest BCUT2D eigenvalue weighted by molar-refractivity contribution is 7.88. The highest BCUT2D eigenvalue weighted by atomic mass is 32.2. The smallest absolute Gasteiger partial charge is 0.303 e. The van der Waals surface area contributed by atoms with Crippen molar-refractivity contribution in [3.63, 3.8) is 0 Å². The molecule has 0 fully saturated rings. The largest absolute Gasteiger partial charge is 0.490 e. The van der Waals surface area contributed by atoms with Gasteiger partial charge < -0.3 is 14.6 Å². The molecular weight excluding hydrogens is 429 g/mol. The first kappa shape index (κ1) is 26.8. The fourth-order valence-electron chi connectivity index (χ4n) is 2.99. The lowest BCUT2D eigenvalue weighted by Crippen LogP contribution is -2.33. The van der Waals surface area contributed by atoms with E-state index in [4.69, 9.17) is 14.6 Å². The van der Waals surface area contributed by atoms with E-state index in [9.17, 15) is 22.4 Å². The summed E-state index contributed by atoms with van der Waals surface area (Å²) >= 11 is 0. The average Bonchev–Trinajstić information content (AvgIpc) is 2.66. The summed E-state index contributed by atoms with van der Waals surface area (Å²) in [6.07, 6.45) is 4.30. The van der Waals surface area contributed by atoms with Gasteiger partial charge in [0.2, 0.25) is 10.0 Å². The first-order chi connectivity index (χ1) is 14.6. The molecule has 0 spiro atoms. The number of carboxylic acids is 1. The maximum atomic E-state index is 13.0. The van der Waals surface area contributed by atoms with Crippen LogP contribution in [0.3, 0.4) is 0 Å². The molecule has 1 rings (SSSR count). The Morgan fingerprint density at radius 1 is 1.06 bits per heavy atom. The number of rotatable bonds is 16. The van der Waals surface area contributed by atoms with Crippen LogP contribution in [0.1, 0.15) is 51.9 Å². The Balaban J connectivity index is 2.47. The first-order valence-corrected chi connectivity index (χ1v) is 12.1. The van der Waals surface area contributed by atoms with E-state index in [2.05, 4.69) is 0 Å². The lowest BCUT2D eigenvalue weighted by molar-refractivity contribution is -0.148. The molecule has 1 aromatic rings. The second kappa shape index (κ2) is 14.0. The number of unbranched alkanes of at least 4 members (excludes halogenated alkanes) is 3. The second-order valence-corrected chi connectivity index (χ2v) is 9.34. The Labute approximate surface area is 183 Å². The van der Waals surface area contributed by atoms with Gasteiger partial charge in [0.25, 0.3) is 0 Å². The molecule has 31 heavy (non-hydrogen) atoms. The normalized spacial score (nSPS) is 12.5. The summed E-state index contributed by atoms with van der Waals surface area (Å²) in [5, 5.41) is 8.63. The van der Waals surface area contributed by atoms with E-state index >= 15 is 0 Å². The number of carboxylic acid groups (broad SMARTS) is 1. The monoisotopic (exact) mass is 461 g/mol. The molecule has 1 N–H and O–H groups in total. The number of sulfonamides is 1. The van der Waals surface area contributed by atoms with Crippen molar-refractivity contribution in [1.29, 1.82) is 0 Å². The van der Waals surface area contributed by atoms with Crippen LogP contribution in [-0.2, 0) is 24.3 Å². The zero-order valence-electron chi connectivity index (χ0n) is 18.1. The second-order valence-electron chi connectivity index (χ2n) is 7.36. The van der Waals surface area contributed by atoms with Gasteiger partial charge in [0.05, 0.1) is 6.26 Å². The molecule has 10 heteroatoms. The van der Waals surface area contributed by atoms with Crippen molar-refractivity contribution < 1.29 is 37.0 Å². The van der Waals surface area contributed by atoms with Gasteiger partial charge in [0, 0.05) is 26.4 Å². The highest BCUT2D eigenvalue weighted by Crippen LogP contribution is 2.14. The predicted octanol–water partition coefficient (Wildman–Crippen LogP) is 3.21. The number of halogens is 1. The molecule has 1 unspecified atom stereocenters. The molecule has 176 valence electrons. The molecule has 0 saturated carbocycles. The van der Waals surface area contributed by atoms with Crippen LogP contribution < -0.4 is 4.74 Å². The summed E-state index contributed by atoms with van der Waals surface area (Å²) < 4.78 is 49.2. The average molecular weight is 462 g/mol. The fraction of sp³-hybridized carbons (Fsp3) is 0.619. The fourth-order valence-corrected chi connectivity index (χ4v) is 3.91. The van der Waals surface area contributed by atoms with Gasteiger partial charge in [0.1, 0.15) is 24.3 Å². The quantitative estimate of drug-likeness (QED) is 0.297. The van der Waals surface area contributed by atoms with E-state index < -0.39 is 28.1 Å². The van der Waals surface area contributed by atoms with Gasteiger partial charge in [-0.05, 0) is 49.9 Å². The molecule has 0 aliphatic rings. The van der Waals surface area contributed by atoms with Gasteiger partial charge in [-0.25, -0.2) is 17.1 Å². The molecule has 0 aliphatic carbocycles. The third kappa shape index (κ3) is 13.0. The number of aliphatic carboxylic acids is 1. The summed E-state index contributed by atoms with van der Waals surface area (Å²) in [6.45, 7) is 2.00. The van der Waals surface area contributed by atoms with Gasteiger partial charge in [-0.2, -0.15) is 0 Å². The van der Waals surface area contributed by atoms with Crippen LogP contribution >= 0.6 is 0 Å². The molecule has 8 nitrogen and oxygen atoms in total. The topological polar surface area (TPSA) is 110 Å². The van der Waals surface area contributed by atoms with Crippen molar-refractivity contribution in [2.45, 2.75) is 58.0 Å². The maximum absolute atomic E-state index is 13.0. The summed E-state index contributed by atoms with van der Waals surface area (Å²) in [7, 11) is -3.39. The molecule has 0 saturated heterocycles. The standard InChI is InChI=1S/C21H32FNO7S/c1-17(24)30-20(16-29-19-12-10-18(22)11-13-19)8-7-15-23(31(2,27)28)14-6-4-3-5-9-21(25)26/h10-13,20H,3-9,14-16H2,1-2H3,(H,25,26). The van der Waals surface area contributed by atoms with Crippen molar-refractivity contribution in [2.24, 2.45) is 0 Å². The molecule has 0 heterocycles. The summed E-state index contributed by atoms with van der Waals surface area (Å²) in [6, 6.07) is 5.48. The maximum Gasteiger partial charge on any atom is 0.303 e. The van der Waals surface area contributed by atoms with Crippen LogP contribution in [0.4, 0.5) is 4.39 Å². The molecule has 0 radical (unpaired) electrons. The van der Waals surface area contributed by atoms with Gasteiger partial charge in [-0.3, -0.25) is 9.59 Å². The van der Waals surface area contributed by atoms with E-state index in [1.807, 2.05) is 0 Å². The van der Waals surface area contributed by atoms with Crippen LogP contribution in [0.25, 0.3) is 0 Å². The number of benzene rings is 1. The Morgan fingerprint density at radius 2 is 1.68 bits per heavy atom. The predicted molar refractivity (Wildman–Crippen MR) is 114 cm³/mol. The zero-order chi connectivity index (χ0) is 23.3. The minimum absolute atomic E-state index is 0.0770. The van der Waals surface area contributed by atoms with Gasteiger partial charge in [-0.15, -0.1) is 0 Å². The molecule has 0 aliphatic heterocycles. The number of hydrogen-bond donors (Lipinski definition) is 1. The van der Waals surface area contributed by atoms with Crippen LogP contribution in [0.5, 0.6) is 5.75 Å². The minimum atomic E-state index is -3.39. The third-order valence-electron chi connectivity index (χ3n) is 4.53. The molecule has 0 aromatic heterocycles. The molecule has 1 atom stereocenters. The lowest BCUT2D eigenvalue weighted by Gasteiger charge is -2.22. The Morgan fingerprint density at radius 3 is 2.26 bits per heavy atom. The number of hydrogen-bond acceptors (Lipinski definition) is 6. The number of ether oxygens (including phenoxy) is 2. The zero-order valence-corrected chi connectivity index (χ0v) is 18.9. The van der Waals surface area contributed by atoms with E-state index in [0.717, 1.165) is 19.1 Å². The van der Waals surface area contributed by atoms with E-state index in [1.54, 1.807) is 0 Å². The van der Waals surface area contributed by atoms with Crippen LogP contribution in [-0.4, -0.2) is 61.8 Å². The molecule has 0 amide bonds. The summed E-state index contributed by atoms with van der Waals surface area (Å²) in [5.74, 6) is -1.23. The van der Waals surface area contributed by atoms with Crippen LogP contribution in [0.2, 0.25) is 0 Å². The summed E-state index contributed by atoms with van der Waals surface area (Å²) in [4.78, 5) is 21.9. The third-order valence-corrected chi connectivity index (χ3v) is 5.84. The highest BCUT2D eigenvalue weighted by Gasteiger charge is 2.18. The Kier molecular flexibility index (Phi) is 12.1. The molecule has 1 aromatic carbocycles. The van der Waals surface area contributed by atoms with Crippen LogP contribution in [0, 0.1) is 5.82 Å². The van der Waals surface area contributed by atoms with Gasteiger partial charge in [-0.1, -0.05) is 12.8 Å². The van der Waals surface area contributed by atoms with Crippen molar-refractivity contribution in [1.82, 2.24) is 4.31 Å². The van der Waals surface area contributed by atoms with Crippen molar-refractivity contribution in [2.75, 3.05) is 26.0 Å². The van der Waals surface area contributed by atoms with Crippen molar-refractivity contribution in [3.8, 4) is 5.75 Å². The number of nitrogens with zero attached hydrogens (tertiary/aromatic N) is 1. The van der Waals surface area contributed by atoms with E-state index in [1.165, 1.54) is 35.5 Å². The molecule has 0 bridgehead atoms. The van der Waals surface area contributed by atoms with Gasteiger partial charge >= 0.3 is 11.9 Å². The van der Waals surface area contributed by atoms with E-state index in [-0.39, 0.29) is 25.4 Å². The van der Waals surface area contributed by atoms with E-state index in [0.29, 0.717) is 38.0 Å².